The smallest absolute Gasteiger partial charge is 0.336 e. The highest BCUT2D eigenvalue weighted by Crippen LogP contribution is 2.24. The minimum absolute atomic E-state index is 0.136. The lowest BCUT2D eigenvalue weighted by Gasteiger charge is -2.23. The summed E-state index contributed by atoms with van der Waals surface area (Å²) < 4.78 is 0. The number of hydrogen-bond acceptors (Lipinski definition) is 4. The monoisotopic (exact) mass is 358 g/mol. The van der Waals surface area contributed by atoms with Crippen molar-refractivity contribution in [3.63, 3.8) is 0 Å². The molecule has 0 radical (unpaired) electrons. The number of thiophene rings is 1. The van der Waals surface area contributed by atoms with Crippen molar-refractivity contribution in [3.8, 4) is 0 Å². The Kier molecular flexibility index (Phi) is 4.85. The number of carbonyl (C=O) groups excluding carboxylic acids is 2. The van der Waals surface area contributed by atoms with Gasteiger partial charge < -0.3 is 15.3 Å². The first-order valence-corrected chi connectivity index (χ1v) is 8.84. The number of nitrogens with one attached hydrogen (secondary N) is 1. The summed E-state index contributed by atoms with van der Waals surface area (Å²) in [7, 11) is 0. The molecule has 1 aromatic heterocycles. The van der Waals surface area contributed by atoms with Gasteiger partial charge >= 0.3 is 5.97 Å². The number of carboxylic acids is 1. The first-order chi connectivity index (χ1) is 12.0. The molecule has 0 saturated carbocycles. The fraction of sp³-hybridized carbons (Fsp3) is 0.278. The summed E-state index contributed by atoms with van der Waals surface area (Å²) in [5, 5.41) is 13.8. The van der Waals surface area contributed by atoms with E-state index in [4.69, 9.17) is 0 Å². The third-order valence-electron chi connectivity index (χ3n) is 4.28. The summed E-state index contributed by atoms with van der Waals surface area (Å²) in [5.74, 6) is -1.46. The standard InChI is InChI=1S/C18H18N2O4S/c1-11-6-7-12(10-13(11)18(23)24)19-16(21)14-4-2-8-20(14)17(22)15-5-3-9-25-15/h3,5-7,9-10,14H,2,4,8H2,1H3,(H,19,21)(H,23,24). The summed E-state index contributed by atoms with van der Waals surface area (Å²) in [6.45, 7) is 2.25. The van der Waals surface area contributed by atoms with Gasteiger partial charge in [0.15, 0.2) is 0 Å². The average Bonchev–Trinajstić information content (AvgIpc) is 3.27. The molecule has 1 fully saturated rings. The second kappa shape index (κ2) is 7.06. The lowest BCUT2D eigenvalue weighted by atomic mass is 10.1. The van der Waals surface area contributed by atoms with E-state index >= 15 is 0 Å². The lowest BCUT2D eigenvalue weighted by molar-refractivity contribution is -0.119. The maximum atomic E-state index is 12.6. The zero-order valence-corrected chi connectivity index (χ0v) is 14.5. The van der Waals surface area contributed by atoms with Crippen molar-refractivity contribution in [2.75, 3.05) is 11.9 Å². The van der Waals surface area contributed by atoms with E-state index in [2.05, 4.69) is 5.32 Å². The van der Waals surface area contributed by atoms with Crippen LogP contribution in [0.5, 0.6) is 0 Å². The molecule has 0 spiro atoms. The van der Waals surface area contributed by atoms with E-state index in [1.807, 2.05) is 11.4 Å². The van der Waals surface area contributed by atoms with Gasteiger partial charge in [0.25, 0.3) is 5.91 Å². The molecule has 2 N–H and O–H groups in total. The average molecular weight is 358 g/mol. The number of carbonyl (C=O) groups is 3. The van der Waals surface area contributed by atoms with Crippen LogP contribution >= 0.6 is 11.3 Å². The third-order valence-corrected chi connectivity index (χ3v) is 5.14. The van der Waals surface area contributed by atoms with Crippen LogP contribution in [-0.4, -0.2) is 40.4 Å². The van der Waals surface area contributed by atoms with Crippen molar-refractivity contribution in [2.24, 2.45) is 0 Å². The van der Waals surface area contributed by atoms with Gasteiger partial charge in [-0.25, -0.2) is 4.79 Å². The molecular formula is C18H18N2O4S. The van der Waals surface area contributed by atoms with Gasteiger partial charge in [0, 0.05) is 12.2 Å². The van der Waals surface area contributed by atoms with Gasteiger partial charge in [0.05, 0.1) is 10.4 Å². The molecule has 2 aromatic rings. The molecule has 6 nitrogen and oxygen atoms in total. The number of anilines is 1. The van der Waals surface area contributed by atoms with Crippen molar-refractivity contribution in [1.82, 2.24) is 4.90 Å². The largest absolute Gasteiger partial charge is 0.478 e. The van der Waals surface area contributed by atoms with Crippen molar-refractivity contribution in [2.45, 2.75) is 25.8 Å². The highest BCUT2D eigenvalue weighted by Gasteiger charge is 2.35. The number of amides is 2. The molecule has 7 heteroatoms. The normalized spacial score (nSPS) is 16.7. The second-order valence-electron chi connectivity index (χ2n) is 5.96. The number of aryl methyl sites for hydroxylation is 1. The minimum Gasteiger partial charge on any atom is -0.478 e. The van der Waals surface area contributed by atoms with Gasteiger partial charge in [-0.3, -0.25) is 9.59 Å². The summed E-state index contributed by atoms with van der Waals surface area (Å²) in [6.07, 6.45) is 1.37. The van der Waals surface area contributed by atoms with Crippen molar-refractivity contribution < 1.29 is 19.5 Å². The summed E-state index contributed by atoms with van der Waals surface area (Å²) in [4.78, 5) is 38.6. The van der Waals surface area contributed by atoms with Crippen LogP contribution < -0.4 is 5.32 Å². The Labute approximate surface area is 149 Å². The molecule has 25 heavy (non-hydrogen) atoms. The van der Waals surface area contributed by atoms with Crippen LogP contribution in [0.3, 0.4) is 0 Å². The van der Waals surface area contributed by atoms with E-state index in [1.165, 1.54) is 17.4 Å². The van der Waals surface area contributed by atoms with E-state index in [-0.39, 0.29) is 17.4 Å². The molecule has 2 amide bonds. The quantitative estimate of drug-likeness (QED) is 0.880. The van der Waals surface area contributed by atoms with Gasteiger partial charge in [0.2, 0.25) is 5.91 Å². The van der Waals surface area contributed by atoms with Crippen LogP contribution in [0.4, 0.5) is 5.69 Å². The highest BCUT2D eigenvalue weighted by molar-refractivity contribution is 7.12. The molecule has 130 valence electrons. The minimum atomic E-state index is -1.04. The van der Waals surface area contributed by atoms with Gasteiger partial charge in [0.1, 0.15) is 6.04 Å². The van der Waals surface area contributed by atoms with E-state index in [0.29, 0.717) is 29.1 Å². The molecule has 1 saturated heterocycles. The number of hydrogen-bond donors (Lipinski definition) is 2. The maximum Gasteiger partial charge on any atom is 0.336 e. The molecule has 2 heterocycles. The Morgan fingerprint density at radius 3 is 2.76 bits per heavy atom. The Morgan fingerprint density at radius 2 is 2.08 bits per heavy atom. The van der Waals surface area contributed by atoms with Crippen LogP contribution in [0.1, 0.15) is 38.4 Å². The summed E-state index contributed by atoms with van der Waals surface area (Å²) in [5.41, 5.74) is 1.19. The van der Waals surface area contributed by atoms with Gasteiger partial charge in [-0.15, -0.1) is 11.3 Å². The molecule has 0 aliphatic carbocycles. The molecule has 1 atom stereocenters. The van der Waals surface area contributed by atoms with Crippen molar-refractivity contribution in [1.29, 1.82) is 0 Å². The van der Waals surface area contributed by atoms with Gasteiger partial charge in [-0.2, -0.15) is 0 Å². The maximum absolute atomic E-state index is 12.6. The zero-order chi connectivity index (χ0) is 18.0. The number of benzene rings is 1. The number of rotatable bonds is 4. The Bertz CT molecular complexity index is 816. The lowest BCUT2D eigenvalue weighted by Crippen LogP contribution is -2.43. The molecular weight excluding hydrogens is 340 g/mol. The van der Waals surface area contributed by atoms with E-state index in [0.717, 1.165) is 6.42 Å². The third kappa shape index (κ3) is 3.56. The zero-order valence-electron chi connectivity index (χ0n) is 13.7. The summed E-state index contributed by atoms with van der Waals surface area (Å²) in [6, 6.07) is 7.78. The summed E-state index contributed by atoms with van der Waals surface area (Å²) >= 11 is 1.35. The van der Waals surface area contributed by atoms with E-state index < -0.39 is 12.0 Å². The van der Waals surface area contributed by atoms with Crippen LogP contribution in [0.15, 0.2) is 35.7 Å². The second-order valence-corrected chi connectivity index (χ2v) is 6.91. The molecule has 0 bridgehead atoms. The Hall–Kier alpha value is -2.67. The van der Waals surface area contributed by atoms with Crippen LogP contribution in [0.25, 0.3) is 0 Å². The van der Waals surface area contributed by atoms with Crippen LogP contribution in [-0.2, 0) is 4.79 Å². The number of carboxylic acid groups (broad SMARTS) is 1. The number of likely N-dealkylation sites (tertiary alicyclic amines) is 1. The topological polar surface area (TPSA) is 86.7 Å². The number of nitrogens with zero attached hydrogens (tertiary/aromatic N) is 1. The fourth-order valence-corrected chi connectivity index (χ4v) is 3.66. The first-order valence-electron chi connectivity index (χ1n) is 7.96. The SMILES string of the molecule is Cc1ccc(NC(=O)C2CCCN2C(=O)c2cccs2)cc1C(=O)O. The molecule has 1 aliphatic heterocycles. The molecule has 1 aliphatic rings. The van der Waals surface area contributed by atoms with E-state index in [9.17, 15) is 19.5 Å². The van der Waals surface area contributed by atoms with E-state index in [1.54, 1.807) is 30.0 Å². The Morgan fingerprint density at radius 1 is 1.28 bits per heavy atom. The Balaban J connectivity index is 1.75. The van der Waals surface area contributed by atoms with Crippen LogP contribution in [0.2, 0.25) is 0 Å². The van der Waals surface area contributed by atoms with Crippen molar-refractivity contribution >= 4 is 34.8 Å². The molecule has 3 rings (SSSR count). The fourth-order valence-electron chi connectivity index (χ4n) is 2.98. The van der Waals surface area contributed by atoms with Crippen LogP contribution in [0, 0.1) is 6.92 Å². The first kappa shape index (κ1) is 17.2. The molecule has 1 unspecified atom stereocenters. The predicted octanol–water partition coefficient (Wildman–Crippen LogP) is 3.00. The van der Waals surface area contributed by atoms with Gasteiger partial charge in [-0.1, -0.05) is 12.1 Å². The van der Waals surface area contributed by atoms with Gasteiger partial charge in [-0.05, 0) is 48.9 Å². The molecule has 1 aromatic carbocycles. The highest BCUT2D eigenvalue weighted by atomic mass is 32.1. The van der Waals surface area contributed by atoms with Crippen molar-refractivity contribution in [3.05, 3.63) is 51.7 Å². The number of aromatic carboxylic acids is 1. The predicted molar refractivity (Wildman–Crippen MR) is 95.1 cm³/mol.